The maximum atomic E-state index is 13.3. The summed E-state index contributed by atoms with van der Waals surface area (Å²) in [5, 5.41) is 2.82. The van der Waals surface area contributed by atoms with E-state index in [9.17, 15) is 18.0 Å². The predicted molar refractivity (Wildman–Crippen MR) is 47.7 cm³/mol. The third-order valence-corrected chi connectivity index (χ3v) is 1.86. The van der Waals surface area contributed by atoms with Crippen molar-refractivity contribution in [3.63, 3.8) is 0 Å². The Hall–Kier alpha value is -1.30. The summed E-state index contributed by atoms with van der Waals surface area (Å²) in [5.41, 5.74) is -0.881. The molecule has 0 aliphatic carbocycles. The maximum Gasteiger partial charge on any atom is 0.300 e. The highest BCUT2D eigenvalue weighted by Gasteiger charge is 2.28. The number of rotatable bonds is 4. The third kappa shape index (κ3) is 2.20. The molecule has 0 atom stereocenters. The molecular weight excluding hydrogens is 233 g/mol. The van der Waals surface area contributed by atoms with Crippen molar-refractivity contribution in [1.82, 2.24) is 9.78 Å². The van der Waals surface area contributed by atoms with Gasteiger partial charge in [-0.1, -0.05) is 17.7 Å². The molecule has 1 heterocycles. The van der Waals surface area contributed by atoms with E-state index in [1.54, 1.807) is 0 Å². The Morgan fingerprint density at radius 3 is 2.73 bits per heavy atom. The van der Waals surface area contributed by atoms with E-state index in [1.165, 1.54) is 6.08 Å². The Kier molecular flexibility index (Phi) is 3.52. The number of allylic oxidation sites excluding steroid dienone is 1. The standard InChI is InChI=1S/C8H6ClF3N2O/c1-2-3-14-8(12)4(6(9)13-14)5(15)7(10)11/h2,7H,1,3H2. The van der Waals surface area contributed by atoms with Crippen molar-refractivity contribution in [2.45, 2.75) is 13.0 Å². The Balaban J connectivity index is 3.18. The van der Waals surface area contributed by atoms with Gasteiger partial charge < -0.3 is 0 Å². The molecule has 0 fully saturated rings. The number of halogens is 4. The van der Waals surface area contributed by atoms with Gasteiger partial charge in [-0.15, -0.1) is 6.58 Å². The summed E-state index contributed by atoms with van der Waals surface area (Å²) < 4.78 is 38.1. The van der Waals surface area contributed by atoms with Crippen LogP contribution < -0.4 is 0 Å². The molecule has 1 aromatic heterocycles. The minimum atomic E-state index is -3.31. The molecule has 0 saturated carbocycles. The number of hydrogen-bond donors (Lipinski definition) is 0. The second-order valence-corrected chi connectivity index (χ2v) is 2.95. The SMILES string of the molecule is C=CCn1nc(Cl)c(C(=O)C(F)F)c1F. The highest BCUT2D eigenvalue weighted by molar-refractivity contribution is 6.33. The van der Waals surface area contributed by atoms with Crippen molar-refractivity contribution in [3.8, 4) is 0 Å². The number of ketones is 1. The number of Topliss-reactive ketones (excluding diaryl/α,β-unsaturated/α-hetero) is 1. The first-order chi connectivity index (χ1) is 6.99. The Morgan fingerprint density at radius 2 is 2.27 bits per heavy atom. The van der Waals surface area contributed by atoms with Gasteiger partial charge in [0, 0.05) is 0 Å². The number of aromatic nitrogens is 2. The van der Waals surface area contributed by atoms with Gasteiger partial charge in [-0.3, -0.25) is 4.79 Å². The average molecular weight is 239 g/mol. The molecule has 0 spiro atoms. The predicted octanol–water partition coefficient (Wildman–Crippen LogP) is 2.31. The van der Waals surface area contributed by atoms with E-state index in [4.69, 9.17) is 11.6 Å². The number of carbonyl (C=O) groups is 1. The molecule has 0 amide bonds. The fourth-order valence-electron chi connectivity index (χ4n) is 0.970. The summed E-state index contributed by atoms with van der Waals surface area (Å²) >= 11 is 5.36. The van der Waals surface area contributed by atoms with Crippen molar-refractivity contribution in [2.24, 2.45) is 0 Å². The fraction of sp³-hybridized carbons (Fsp3) is 0.250. The fourth-order valence-corrected chi connectivity index (χ4v) is 1.23. The molecule has 1 aromatic rings. The summed E-state index contributed by atoms with van der Waals surface area (Å²) in [7, 11) is 0. The highest BCUT2D eigenvalue weighted by Crippen LogP contribution is 2.21. The normalized spacial score (nSPS) is 10.7. The topological polar surface area (TPSA) is 34.9 Å². The Labute approximate surface area is 88.1 Å². The largest absolute Gasteiger partial charge is 0.300 e. The van der Waals surface area contributed by atoms with E-state index in [2.05, 4.69) is 11.7 Å². The summed E-state index contributed by atoms with van der Waals surface area (Å²) in [5.74, 6) is -2.85. The van der Waals surface area contributed by atoms with Gasteiger partial charge in [-0.05, 0) is 0 Å². The quantitative estimate of drug-likeness (QED) is 0.596. The van der Waals surface area contributed by atoms with E-state index >= 15 is 0 Å². The van der Waals surface area contributed by atoms with Crippen LogP contribution in [0, 0.1) is 5.95 Å². The molecule has 0 radical (unpaired) electrons. The molecule has 7 heteroatoms. The molecule has 82 valence electrons. The van der Waals surface area contributed by atoms with Crippen LogP contribution in [0.3, 0.4) is 0 Å². The molecular formula is C8H6ClF3N2O. The highest BCUT2D eigenvalue weighted by atomic mass is 35.5. The van der Waals surface area contributed by atoms with E-state index in [0.717, 1.165) is 0 Å². The summed E-state index contributed by atoms with van der Waals surface area (Å²) in [6.07, 6.45) is -2.01. The first kappa shape index (κ1) is 11.8. The minimum Gasteiger partial charge on any atom is -0.287 e. The second-order valence-electron chi connectivity index (χ2n) is 2.59. The monoisotopic (exact) mass is 238 g/mol. The lowest BCUT2D eigenvalue weighted by molar-refractivity contribution is 0.0673. The van der Waals surface area contributed by atoms with Crippen molar-refractivity contribution >= 4 is 17.4 Å². The average Bonchev–Trinajstić information content (AvgIpc) is 2.42. The summed E-state index contributed by atoms with van der Waals surface area (Å²) in [6.45, 7) is 3.26. The summed E-state index contributed by atoms with van der Waals surface area (Å²) in [6, 6.07) is 0. The molecule has 0 bridgehead atoms. The van der Waals surface area contributed by atoms with Gasteiger partial charge in [0.2, 0.25) is 11.7 Å². The Bertz CT molecular complexity index is 403. The molecule has 0 N–H and O–H groups in total. The molecule has 15 heavy (non-hydrogen) atoms. The number of alkyl halides is 2. The van der Waals surface area contributed by atoms with Gasteiger partial charge >= 0.3 is 6.43 Å². The van der Waals surface area contributed by atoms with E-state index in [0.29, 0.717) is 4.68 Å². The first-order valence-corrected chi connectivity index (χ1v) is 4.22. The van der Waals surface area contributed by atoms with E-state index in [-0.39, 0.29) is 6.54 Å². The van der Waals surface area contributed by atoms with Gasteiger partial charge in [0.05, 0.1) is 6.54 Å². The van der Waals surface area contributed by atoms with Crippen LogP contribution in [0.25, 0.3) is 0 Å². The van der Waals surface area contributed by atoms with Crippen LogP contribution in [0.5, 0.6) is 0 Å². The molecule has 0 saturated heterocycles. The van der Waals surface area contributed by atoms with Crippen LogP contribution in [-0.4, -0.2) is 22.0 Å². The van der Waals surface area contributed by atoms with Crippen LogP contribution >= 0.6 is 11.6 Å². The Morgan fingerprint density at radius 1 is 1.67 bits per heavy atom. The van der Waals surface area contributed by atoms with E-state index < -0.39 is 28.9 Å². The van der Waals surface area contributed by atoms with Gasteiger partial charge in [0.25, 0.3) is 0 Å². The maximum absolute atomic E-state index is 13.3. The van der Waals surface area contributed by atoms with Crippen molar-refractivity contribution in [2.75, 3.05) is 0 Å². The lowest BCUT2D eigenvalue weighted by atomic mass is 10.2. The smallest absolute Gasteiger partial charge is 0.287 e. The minimum absolute atomic E-state index is 0.0535. The van der Waals surface area contributed by atoms with Gasteiger partial charge in [0.1, 0.15) is 5.56 Å². The number of hydrogen-bond acceptors (Lipinski definition) is 2. The molecule has 0 aliphatic heterocycles. The van der Waals surface area contributed by atoms with Crippen LogP contribution in [0.4, 0.5) is 13.2 Å². The van der Waals surface area contributed by atoms with Crippen molar-refractivity contribution < 1.29 is 18.0 Å². The van der Waals surface area contributed by atoms with Gasteiger partial charge in [-0.2, -0.15) is 9.49 Å². The van der Waals surface area contributed by atoms with Crippen LogP contribution in [-0.2, 0) is 6.54 Å². The molecule has 0 aliphatic rings. The van der Waals surface area contributed by atoms with E-state index in [1.807, 2.05) is 0 Å². The number of carbonyl (C=O) groups excluding carboxylic acids is 1. The first-order valence-electron chi connectivity index (χ1n) is 3.84. The summed E-state index contributed by atoms with van der Waals surface area (Å²) in [4.78, 5) is 10.9. The zero-order chi connectivity index (χ0) is 11.6. The van der Waals surface area contributed by atoms with Crippen LogP contribution in [0.2, 0.25) is 5.15 Å². The van der Waals surface area contributed by atoms with Crippen LogP contribution in [0.15, 0.2) is 12.7 Å². The lowest BCUT2D eigenvalue weighted by Crippen LogP contribution is -2.12. The molecule has 0 aromatic carbocycles. The van der Waals surface area contributed by atoms with Gasteiger partial charge in [0.15, 0.2) is 5.15 Å². The molecule has 1 rings (SSSR count). The van der Waals surface area contributed by atoms with Crippen molar-refractivity contribution in [1.29, 1.82) is 0 Å². The van der Waals surface area contributed by atoms with Crippen LogP contribution in [0.1, 0.15) is 10.4 Å². The molecule has 3 nitrogen and oxygen atoms in total. The van der Waals surface area contributed by atoms with Gasteiger partial charge in [-0.25, -0.2) is 13.5 Å². The zero-order valence-corrected chi connectivity index (χ0v) is 8.14. The zero-order valence-electron chi connectivity index (χ0n) is 7.38. The van der Waals surface area contributed by atoms with Crippen molar-refractivity contribution in [3.05, 3.63) is 29.3 Å². The second kappa shape index (κ2) is 4.48. The third-order valence-electron chi connectivity index (χ3n) is 1.59. The lowest BCUT2D eigenvalue weighted by Gasteiger charge is -1.97. The molecule has 0 unspecified atom stereocenters. The number of nitrogens with zero attached hydrogens (tertiary/aromatic N) is 2.